The van der Waals surface area contributed by atoms with E-state index in [9.17, 15) is 19.5 Å². The van der Waals surface area contributed by atoms with E-state index in [-0.39, 0.29) is 19.1 Å². The lowest BCUT2D eigenvalue weighted by molar-refractivity contribution is -0.137. The maximum absolute atomic E-state index is 13.0. The van der Waals surface area contributed by atoms with Crippen LogP contribution in [0, 0.1) is 0 Å². The van der Waals surface area contributed by atoms with Gasteiger partial charge in [0.25, 0.3) is 11.8 Å². The van der Waals surface area contributed by atoms with Gasteiger partial charge in [-0.25, -0.2) is 0 Å². The second-order valence-electron chi connectivity index (χ2n) is 6.54. The van der Waals surface area contributed by atoms with Gasteiger partial charge in [0.15, 0.2) is 5.57 Å². The fourth-order valence-electron chi connectivity index (χ4n) is 3.05. The molecule has 0 bridgehead atoms. The number of hydrogen-bond acceptors (Lipinski definition) is 6. The monoisotopic (exact) mass is 389 g/mol. The molecule has 0 atom stereocenters. The Labute approximate surface area is 164 Å². The highest BCUT2D eigenvalue weighted by molar-refractivity contribution is 6.20. The maximum Gasteiger partial charge on any atom is 0.271 e. The molecule has 1 aromatic rings. The van der Waals surface area contributed by atoms with Crippen molar-refractivity contribution in [3.8, 4) is 0 Å². The summed E-state index contributed by atoms with van der Waals surface area (Å²) in [5, 5.41) is 13.3. The molecule has 1 aliphatic rings. The van der Waals surface area contributed by atoms with Crippen molar-refractivity contribution in [1.82, 2.24) is 15.1 Å². The van der Waals surface area contributed by atoms with Gasteiger partial charge in [0, 0.05) is 32.8 Å². The van der Waals surface area contributed by atoms with E-state index in [0.29, 0.717) is 32.5 Å². The van der Waals surface area contributed by atoms with E-state index < -0.39 is 23.3 Å². The molecule has 1 heterocycles. The third kappa shape index (κ3) is 5.32. The van der Waals surface area contributed by atoms with Crippen molar-refractivity contribution in [3.63, 3.8) is 0 Å². The summed E-state index contributed by atoms with van der Waals surface area (Å²) in [6, 6.07) is 8.88. The summed E-state index contributed by atoms with van der Waals surface area (Å²) >= 11 is 0. The van der Waals surface area contributed by atoms with Crippen LogP contribution in [0.3, 0.4) is 0 Å². The number of nitrogens with zero attached hydrogens (tertiary/aromatic N) is 2. The normalized spacial score (nSPS) is 15.4. The van der Waals surface area contributed by atoms with E-state index in [0.717, 1.165) is 10.5 Å². The number of amides is 3. The van der Waals surface area contributed by atoms with E-state index in [1.165, 1.54) is 4.90 Å². The molecule has 0 radical (unpaired) electrons. The minimum atomic E-state index is -0.846. The second-order valence-corrected chi connectivity index (χ2v) is 6.54. The summed E-state index contributed by atoms with van der Waals surface area (Å²) in [4.78, 5) is 39.5. The maximum atomic E-state index is 13.0. The number of imide groups is 1. The van der Waals surface area contributed by atoms with Gasteiger partial charge in [0.05, 0.1) is 6.54 Å². The first-order valence-electron chi connectivity index (χ1n) is 9.31. The van der Waals surface area contributed by atoms with Gasteiger partial charge < -0.3 is 20.1 Å². The molecule has 0 aliphatic carbocycles. The molecule has 8 nitrogen and oxygen atoms in total. The highest BCUT2D eigenvalue weighted by atomic mass is 16.5. The average Bonchev–Trinajstić information content (AvgIpc) is 2.73. The molecule has 1 fully saturated rings. The Morgan fingerprint density at radius 2 is 1.89 bits per heavy atom. The number of carbonyl (C=O) groups excluding carboxylic acids is 3. The summed E-state index contributed by atoms with van der Waals surface area (Å²) in [6.45, 7) is 3.08. The lowest BCUT2D eigenvalue weighted by Crippen LogP contribution is -2.42. The van der Waals surface area contributed by atoms with E-state index in [2.05, 4.69) is 5.32 Å². The van der Waals surface area contributed by atoms with E-state index in [4.69, 9.17) is 4.74 Å². The largest absolute Gasteiger partial charge is 0.494 e. The number of carbonyl (C=O) groups is 3. The van der Waals surface area contributed by atoms with Crippen LogP contribution in [0.5, 0.6) is 0 Å². The van der Waals surface area contributed by atoms with Gasteiger partial charge in [0.2, 0.25) is 12.3 Å². The van der Waals surface area contributed by atoms with Crippen LogP contribution < -0.4 is 5.32 Å². The van der Waals surface area contributed by atoms with Crippen molar-refractivity contribution in [2.24, 2.45) is 0 Å². The zero-order valence-corrected chi connectivity index (χ0v) is 16.3. The summed E-state index contributed by atoms with van der Waals surface area (Å²) in [5.74, 6) is -2.01. The van der Waals surface area contributed by atoms with Crippen molar-refractivity contribution < 1.29 is 24.2 Å². The molecule has 1 saturated heterocycles. The number of ether oxygens (including phenoxy) is 1. The van der Waals surface area contributed by atoms with Crippen LogP contribution in [-0.4, -0.2) is 66.0 Å². The Morgan fingerprint density at radius 3 is 2.46 bits per heavy atom. The predicted octanol–water partition coefficient (Wildman–Crippen LogP) is 1.19. The van der Waals surface area contributed by atoms with Crippen LogP contribution in [0.25, 0.3) is 0 Å². The van der Waals surface area contributed by atoms with Gasteiger partial charge >= 0.3 is 0 Å². The van der Waals surface area contributed by atoms with Gasteiger partial charge in [0.1, 0.15) is 0 Å². The Hall–Kier alpha value is -2.87. The number of aliphatic hydroxyl groups excluding tert-OH is 1. The first-order valence-corrected chi connectivity index (χ1v) is 9.31. The third-order valence-electron chi connectivity index (χ3n) is 4.66. The second kappa shape index (κ2) is 10.5. The van der Waals surface area contributed by atoms with Crippen LogP contribution in [0.1, 0.15) is 25.3 Å². The summed E-state index contributed by atoms with van der Waals surface area (Å²) in [7, 11) is 1.63. The molecule has 2 rings (SSSR count). The van der Waals surface area contributed by atoms with Crippen LogP contribution in [0.15, 0.2) is 41.8 Å². The SMILES string of the molecule is CCNC(=O)/C(C(=O)N(C=O)Cc1ccccc1)=C(\O)N(C)C1CCOCC1. The third-order valence-corrected chi connectivity index (χ3v) is 4.66. The number of benzene rings is 1. The van der Waals surface area contributed by atoms with Gasteiger partial charge in [-0.1, -0.05) is 30.3 Å². The van der Waals surface area contributed by atoms with Crippen molar-refractivity contribution in [2.45, 2.75) is 32.4 Å². The molecule has 2 N–H and O–H groups in total. The first kappa shape index (κ1) is 21.4. The Kier molecular flexibility index (Phi) is 8.01. The zero-order valence-electron chi connectivity index (χ0n) is 16.3. The minimum absolute atomic E-state index is 0.000338. The highest BCUT2D eigenvalue weighted by Crippen LogP contribution is 2.20. The van der Waals surface area contributed by atoms with Crippen LogP contribution >= 0.6 is 0 Å². The van der Waals surface area contributed by atoms with E-state index >= 15 is 0 Å². The number of aliphatic hydroxyl groups is 1. The molecule has 0 spiro atoms. The first-order chi connectivity index (χ1) is 13.5. The van der Waals surface area contributed by atoms with Gasteiger partial charge in [-0.2, -0.15) is 0 Å². The summed E-state index contributed by atoms with van der Waals surface area (Å²) in [6.07, 6.45) is 1.70. The average molecular weight is 389 g/mol. The smallest absolute Gasteiger partial charge is 0.271 e. The van der Waals surface area contributed by atoms with E-state index in [1.54, 1.807) is 38.2 Å². The molecule has 152 valence electrons. The molecule has 0 aromatic heterocycles. The Morgan fingerprint density at radius 1 is 1.25 bits per heavy atom. The molecule has 1 aromatic carbocycles. The van der Waals surface area contributed by atoms with Crippen molar-refractivity contribution in [2.75, 3.05) is 26.8 Å². The van der Waals surface area contributed by atoms with E-state index in [1.807, 2.05) is 6.07 Å². The Bertz CT molecular complexity index is 714. The van der Waals surface area contributed by atoms with Gasteiger partial charge in [-0.3, -0.25) is 19.3 Å². The molecule has 1 aliphatic heterocycles. The summed E-state index contributed by atoms with van der Waals surface area (Å²) < 4.78 is 5.32. The minimum Gasteiger partial charge on any atom is -0.494 e. The molecular weight excluding hydrogens is 362 g/mol. The molecular formula is C20H27N3O5. The van der Waals surface area contributed by atoms with Crippen LogP contribution in [0.4, 0.5) is 0 Å². The fraction of sp³-hybridized carbons (Fsp3) is 0.450. The fourth-order valence-corrected chi connectivity index (χ4v) is 3.05. The molecule has 28 heavy (non-hydrogen) atoms. The van der Waals surface area contributed by atoms with Crippen molar-refractivity contribution >= 4 is 18.2 Å². The number of nitrogens with one attached hydrogen (secondary N) is 1. The van der Waals surface area contributed by atoms with Crippen LogP contribution in [0.2, 0.25) is 0 Å². The van der Waals surface area contributed by atoms with Crippen molar-refractivity contribution in [3.05, 3.63) is 47.4 Å². The summed E-state index contributed by atoms with van der Waals surface area (Å²) in [5.41, 5.74) is 0.286. The molecule has 0 unspecified atom stereocenters. The molecule has 8 heteroatoms. The van der Waals surface area contributed by atoms with Gasteiger partial charge in [-0.05, 0) is 25.3 Å². The van der Waals surface area contributed by atoms with Crippen molar-refractivity contribution in [1.29, 1.82) is 0 Å². The van der Waals surface area contributed by atoms with Gasteiger partial charge in [-0.15, -0.1) is 0 Å². The standard InChI is InChI=1S/C20H27N3O5/c1-3-21-18(25)17(19(26)22(2)16-9-11-28-12-10-16)20(27)23(14-24)13-15-7-5-4-6-8-15/h4-8,14,16,26H,3,9-13H2,1-2H3,(H,21,25)/b19-17+. The molecule has 3 amide bonds. The number of rotatable bonds is 8. The quantitative estimate of drug-likeness (QED) is 0.228. The highest BCUT2D eigenvalue weighted by Gasteiger charge is 2.32. The number of hydrogen-bond donors (Lipinski definition) is 2. The topological polar surface area (TPSA) is 99.2 Å². The van der Waals surface area contributed by atoms with Crippen LogP contribution in [-0.2, 0) is 25.7 Å². The lowest BCUT2D eigenvalue weighted by Gasteiger charge is -2.33. The Balaban J connectivity index is 2.32. The lowest BCUT2D eigenvalue weighted by atomic mass is 10.1. The molecule has 0 saturated carbocycles. The number of likely N-dealkylation sites (N-methyl/N-ethyl adjacent to an activating group) is 1. The zero-order chi connectivity index (χ0) is 20.5. The predicted molar refractivity (Wildman–Crippen MR) is 103 cm³/mol.